The summed E-state index contributed by atoms with van der Waals surface area (Å²) in [6.07, 6.45) is 1.67. The van der Waals surface area contributed by atoms with E-state index >= 15 is 0 Å². The molecule has 3 heterocycles. The van der Waals surface area contributed by atoms with Crippen LogP contribution in [0.3, 0.4) is 0 Å². The van der Waals surface area contributed by atoms with Crippen molar-refractivity contribution in [3.05, 3.63) is 68.9 Å². The number of aryl methyl sites for hydroxylation is 3. The molecule has 0 aliphatic heterocycles. The van der Waals surface area contributed by atoms with Crippen LogP contribution in [0.5, 0.6) is 0 Å². The molecule has 4 aromatic rings. The van der Waals surface area contributed by atoms with Crippen LogP contribution in [0.4, 0.5) is 0 Å². The molecule has 0 N–H and O–H groups in total. The lowest BCUT2D eigenvalue weighted by Gasteiger charge is -2.11. The van der Waals surface area contributed by atoms with E-state index in [1.54, 1.807) is 22.8 Å². The predicted molar refractivity (Wildman–Crippen MR) is 112 cm³/mol. The van der Waals surface area contributed by atoms with Crippen LogP contribution in [0.25, 0.3) is 10.2 Å². The molecule has 0 saturated heterocycles. The van der Waals surface area contributed by atoms with Gasteiger partial charge in [-0.05, 0) is 31.4 Å². The highest BCUT2D eigenvalue weighted by molar-refractivity contribution is 7.98. The number of nitrogens with zero attached hydrogens (tertiary/aromatic N) is 4. The molecule has 0 aliphatic carbocycles. The lowest BCUT2D eigenvalue weighted by molar-refractivity contribution is 0.387. The summed E-state index contributed by atoms with van der Waals surface area (Å²) in [7, 11) is 0. The molecule has 28 heavy (non-hydrogen) atoms. The lowest BCUT2D eigenvalue weighted by Crippen LogP contribution is -2.23. The third-order valence-corrected chi connectivity index (χ3v) is 6.51. The van der Waals surface area contributed by atoms with Gasteiger partial charge in [0.1, 0.15) is 4.83 Å². The molecule has 0 atom stereocenters. The maximum atomic E-state index is 13.2. The fourth-order valence-electron chi connectivity index (χ4n) is 2.94. The van der Waals surface area contributed by atoms with E-state index in [2.05, 4.69) is 29.2 Å². The van der Waals surface area contributed by atoms with Gasteiger partial charge in [-0.15, -0.1) is 11.3 Å². The fraction of sp³-hybridized carbons (Fsp3) is 0.300. The largest absolute Gasteiger partial charge is 0.338 e. The molecule has 0 fully saturated rings. The molecule has 0 spiro atoms. The first kappa shape index (κ1) is 18.9. The van der Waals surface area contributed by atoms with Crippen LogP contribution in [-0.2, 0) is 25.1 Å². The number of hydrogen-bond donors (Lipinski definition) is 0. The van der Waals surface area contributed by atoms with Gasteiger partial charge in [0.2, 0.25) is 5.89 Å². The van der Waals surface area contributed by atoms with E-state index in [9.17, 15) is 4.79 Å². The van der Waals surface area contributed by atoms with E-state index in [1.807, 2.05) is 24.3 Å². The van der Waals surface area contributed by atoms with Crippen molar-refractivity contribution in [2.75, 3.05) is 0 Å². The normalized spacial score (nSPS) is 11.4. The summed E-state index contributed by atoms with van der Waals surface area (Å²) in [6.45, 7) is 4.45. The Morgan fingerprint density at radius 3 is 2.75 bits per heavy atom. The number of rotatable bonds is 7. The molecule has 0 aliphatic rings. The number of aromatic nitrogens is 4. The van der Waals surface area contributed by atoms with Gasteiger partial charge in [0.05, 0.1) is 11.1 Å². The van der Waals surface area contributed by atoms with Crippen molar-refractivity contribution >= 4 is 33.3 Å². The third kappa shape index (κ3) is 4.02. The second-order valence-corrected chi connectivity index (χ2v) is 8.45. The third-order valence-electron chi connectivity index (χ3n) is 4.38. The van der Waals surface area contributed by atoms with E-state index in [0.717, 1.165) is 17.7 Å². The standard InChI is InChI=1S/C20H20N4O2S2/c1-3-15-11-16-18(28-15)22-20(27-12-17-21-13(2)23-26-17)24(19(16)25)10-9-14-7-5-4-6-8-14/h4-8,11H,3,9-10,12H2,1-2H3. The summed E-state index contributed by atoms with van der Waals surface area (Å²) < 4.78 is 6.97. The zero-order valence-corrected chi connectivity index (χ0v) is 17.3. The first-order chi connectivity index (χ1) is 13.6. The van der Waals surface area contributed by atoms with Crippen molar-refractivity contribution in [1.29, 1.82) is 0 Å². The molecule has 6 nitrogen and oxygen atoms in total. The van der Waals surface area contributed by atoms with Crippen molar-refractivity contribution in [1.82, 2.24) is 19.7 Å². The molecule has 144 valence electrons. The minimum atomic E-state index is 0.0149. The van der Waals surface area contributed by atoms with Gasteiger partial charge >= 0.3 is 0 Å². The van der Waals surface area contributed by atoms with E-state index in [4.69, 9.17) is 9.51 Å². The van der Waals surface area contributed by atoms with Crippen LogP contribution in [0, 0.1) is 6.92 Å². The summed E-state index contributed by atoms with van der Waals surface area (Å²) in [6, 6.07) is 12.1. The molecule has 8 heteroatoms. The first-order valence-corrected chi connectivity index (χ1v) is 10.9. The molecule has 0 bridgehead atoms. The van der Waals surface area contributed by atoms with Gasteiger partial charge in [-0.1, -0.05) is 54.2 Å². The Labute approximate surface area is 170 Å². The average molecular weight is 413 g/mol. The Hall–Kier alpha value is -2.45. The molecule has 0 unspecified atom stereocenters. The summed E-state index contributed by atoms with van der Waals surface area (Å²) in [4.78, 5) is 24.2. The van der Waals surface area contributed by atoms with E-state index in [0.29, 0.717) is 34.6 Å². The average Bonchev–Trinajstić information content (AvgIpc) is 3.32. The quantitative estimate of drug-likeness (QED) is 0.334. The number of benzene rings is 1. The van der Waals surface area contributed by atoms with Crippen molar-refractivity contribution < 1.29 is 4.52 Å². The monoisotopic (exact) mass is 412 g/mol. The van der Waals surface area contributed by atoms with Gasteiger partial charge in [-0.3, -0.25) is 9.36 Å². The number of fused-ring (bicyclic) bond motifs is 1. The van der Waals surface area contributed by atoms with Crippen molar-refractivity contribution in [2.45, 2.75) is 44.1 Å². The van der Waals surface area contributed by atoms with Crippen molar-refractivity contribution in [2.24, 2.45) is 0 Å². The maximum Gasteiger partial charge on any atom is 0.262 e. The van der Waals surface area contributed by atoms with Gasteiger partial charge in [-0.25, -0.2) is 4.98 Å². The van der Waals surface area contributed by atoms with Crippen LogP contribution in [0.15, 0.2) is 50.9 Å². The highest BCUT2D eigenvalue weighted by Crippen LogP contribution is 2.26. The number of thiophene rings is 1. The lowest BCUT2D eigenvalue weighted by atomic mass is 10.1. The van der Waals surface area contributed by atoms with Crippen molar-refractivity contribution in [3.63, 3.8) is 0 Å². The summed E-state index contributed by atoms with van der Waals surface area (Å²) in [5, 5.41) is 5.21. The fourth-order valence-corrected chi connectivity index (χ4v) is 4.81. The van der Waals surface area contributed by atoms with Crippen LogP contribution in [-0.4, -0.2) is 19.7 Å². The molecule has 0 radical (unpaired) electrons. The van der Waals surface area contributed by atoms with Crippen LogP contribution in [0.2, 0.25) is 0 Å². The van der Waals surface area contributed by atoms with Crippen LogP contribution in [0.1, 0.15) is 29.1 Å². The molecular weight excluding hydrogens is 392 g/mol. The SMILES string of the molecule is CCc1cc2c(=O)n(CCc3ccccc3)c(SCc3nc(C)no3)nc2s1. The minimum absolute atomic E-state index is 0.0149. The van der Waals surface area contributed by atoms with Crippen LogP contribution >= 0.6 is 23.1 Å². The zero-order chi connectivity index (χ0) is 19.5. The number of hydrogen-bond acceptors (Lipinski definition) is 7. The molecule has 3 aromatic heterocycles. The highest BCUT2D eigenvalue weighted by atomic mass is 32.2. The van der Waals surface area contributed by atoms with Crippen molar-refractivity contribution in [3.8, 4) is 0 Å². The van der Waals surface area contributed by atoms with E-state index < -0.39 is 0 Å². The highest BCUT2D eigenvalue weighted by Gasteiger charge is 2.15. The Kier molecular flexibility index (Phi) is 5.59. The minimum Gasteiger partial charge on any atom is -0.338 e. The Balaban J connectivity index is 1.68. The molecular formula is C20H20N4O2S2. The molecule has 1 aromatic carbocycles. The smallest absolute Gasteiger partial charge is 0.262 e. The Morgan fingerprint density at radius 2 is 2.04 bits per heavy atom. The van der Waals surface area contributed by atoms with E-state index in [1.165, 1.54) is 22.2 Å². The molecule has 0 saturated carbocycles. The second-order valence-electron chi connectivity index (χ2n) is 6.40. The van der Waals surface area contributed by atoms with Crippen LogP contribution < -0.4 is 5.56 Å². The Morgan fingerprint density at radius 1 is 1.21 bits per heavy atom. The summed E-state index contributed by atoms with van der Waals surface area (Å²) >= 11 is 3.04. The second kappa shape index (κ2) is 8.28. The van der Waals surface area contributed by atoms with E-state index in [-0.39, 0.29) is 5.56 Å². The first-order valence-electron chi connectivity index (χ1n) is 9.13. The molecule has 4 rings (SSSR count). The molecule has 0 amide bonds. The maximum absolute atomic E-state index is 13.2. The number of thioether (sulfide) groups is 1. The topological polar surface area (TPSA) is 73.8 Å². The summed E-state index contributed by atoms with van der Waals surface area (Å²) in [5.41, 5.74) is 1.21. The zero-order valence-electron chi connectivity index (χ0n) is 15.7. The predicted octanol–water partition coefficient (Wildman–Crippen LogP) is 4.25. The van der Waals surface area contributed by atoms with Gasteiger partial charge in [0.25, 0.3) is 5.56 Å². The van der Waals surface area contributed by atoms with Gasteiger partial charge in [0, 0.05) is 11.4 Å². The van der Waals surface area contributed by atoms with Gasteiger partial charge < -0.3 is 4.52 Å². The summed E-state index contributed by atoms with van der Waals surface area (Å²) in [5.74, 6) is 1.62. The van der Waals surface area contributed by atoms with Gasteiger partial charge in [0.15, 0.2) is 11.0 Å². The Bertz CT molecular complexity index is 1150. The van der Waals surface area contributed by atoms with Gasteiger partial charge in [-0.2, -0.15) is 4.98 Å².